The predicted octanol–water partition coefficient (Wildman–Crippen LogP) is 1.30. The van der Waals surface area contributed by atoms with Gasteiger partial charge in [0.15, 0.2) is 10.9 Å². The number of pyridine rings is 1. The second kappa shape index (κ2) is 5.05. The summed E-state index contributed by atoms with van der Waals surface area (Å²) >= 11 is 1.13. The van der Waals surface area contributed by atoms with Gasteiger partial charge in [0.25, 0.3) is 0 Å². The van der Waals surface area contributed by atoms with E-state index in [9.17, 15) is 4.79 Å². The van der Waals surface area contributed by atoms with Gasteiger partial charge in [-0.05, 0) is 19.1 Å². The number of rotatable bonds is 5. The van der Waals surface area contributed by atoms with Gasteiger partial charge in [0.05, 0.1) is 12.4 Å². The topological polar surface area (TPSA) is 76.7 Å². The van der Waals surface area contributed by atoms with Crippen LogP contribution in [-0.4, -0.2) is 38.0 Å². The Labute approximate surface area is 102 Å². The molecule has 90 valence electrons. The molecule has 0 aromatic carbocycles. The summed E-state index contributed by atoms with van der Waals surface area (Å²) in [7, 11) is 0. The monoisotopic (exact) mass is 253 g/mol. The van der Waals surface area contributed by atoms with Gasteiger partial charge < -0.3 is 9.84 Å². The molecule has 6 nitrogen and oxygen atoms in total. The second-order valence-corrected chi connectivity index (χ2v) is 4.11. The third-order valence-electron chi connectivity index (χ3n) is 1.99. The molecule has 0 unspecified atom stereocenters. The molecule has 2 aromatic heterocycles. The Morgan fingerprint density at radius 3 is 3.12 bits per heavy atom. The Hall–Kier alpha value is -1.76. The number of thioether (sulfide) groups is 1. The van der Waals surface area contributed by atoms with E-state index in [4.69, 9.17) is 9.84 Å². The van der Waals surface area contributed by atoms with E-state index in [2.05, 4.69) is 10.2 Å². The molecule has 7 heteroatoms. The summed E-state index contributed by atoms with van der Waals surface area (Å²) in [6.07, 6.45) is 1.78. The van der Waals surface area contributed by atoms with Crippen molar-refractivity contribution < 1.29 is 14.6 Å². The molecular weight excluding hydrogens is 242 g/mol. The number of nitrogens with zero attached hydrogens (tertiary/aromatic N) is 3. The highest BCUT2D eigenvalue weighted by Crippen LogP contribution is 2.22. The first-order valence-corrected chi connectivity index (χ1v) is 6.02. The van der Waals surface area contributed by atoms with Crippen molar-refractivity contribution in [3.8, 4) is 5.75 Å². The Morgan fingerprint density at radius 2 is 2.41 bits per heavy atom. The fourth-order valence-corrected chi connectivity index (χ4v) is 2.00. The number of hydrogen-bond donors (Lipinski definition) is 1. The van der Waals surface area contributed by atoms with Crippen LogP contribution in [0.4, 0.5) is 0 Å². The molecule has 0 radical (unpaired) electrons. The Kier molecular flexibility index (Phi) is 3.48. The van der Waals surface area contributed by atoms with Gasteiger partial charge >= 0.3 is 5.97 Å². The molecule has 17 heavy (non-hydrogen) atoms. The molecule has 0 aliphatic carbocycles. The van der Waals surface area contributed by atoms with Crippen molar-refractivity contribution in [3.05, 3.63) is 18.3 Å². The van der Waals surface area contributed by atoms with Gasteiger partial charge in [-0.3, -0.25) is 9.20 Å². The zero-order valence-electron chi connectivity index (χ0n) is 9.16. The predicted molar refractivity (Wildman–Crippen MR) is 62.5 cm³/mol. The summed E-state index contributed by atoms with van der Waals surface area (Å²) in [6.45, 7) is 2.43. The van der Waals surface area contributed by atoms with Gasteiger partial charge in [-0.2, -0.15) is 0 Å². The molecule has 0 saturated carbocycles. The number of carboxylic acid groups (broad SMARTS) is 1. The molecular formula is C10H11N3O3S. The fourth-order valence-electron chi connectivity index (χ4n) is 1.36. The fraction of sp³-hybridized carbons (Fsp3) is 0.300. The molecule has 2 rings (SSSR count). The van der Waals surface area contributed by atoms with Crippen LogP contribution in [0.15, 0.2) is 23.5 Å². The van der Waals surface area contributed by atoms with Gasteiger partial charge in [-0.25, -0.2) is 0 Å². The maximum absolute atomic E-state index is 10.5. The lowest BCUT2D eigenvalue weighted by Gasteiger charge is -2.03. The normalized spacial score (nSPS) is 10.6. The van der Waals surface area contributed by atoms with Gasteiger partial charge in [0.1, 0.15) is 0 Å². The first-order valence-electron chi connectivity index (χ1n) is 5.03. The van der Waals surface area contributed by atoms with Crippen LogP contribution in [0.2, 0.25) is 0 Å². The Morgan fingerprint density at radius 1 is 1.59 bits per heavy atom. The number of fused-ring (bicyclic) bond motifs is 1. The summed E-state index contributed by atoms with van der Waals surface area (Å²) < 4.78 is 7.13. The van der Waals surface area contributed by atoms with Crippen molar-refractivity contribution in [2.45, 2.75) is 12.1 Å². The minimum atomic E-state index is -0.882. The molecule has 0 aliphatic rings. The standard InChI is InChI=1S/C10H11N3O3S/c1-2-16-7-4-3-5-13-9(7)11-12-10(13)17-6-8(14)15/h3-5H,2,6H2,1H3,(H,14,15). The summed E-state index contributed by atoms with van der Waals surface area (Å²) in [5, 5.41) is 17.1. The van der Waals surface area contributed by atoms with E-state index >= 15 is 0 Å². The van der Waals surface area contributed by atoms with E-state index in [0.717, 1.165) is 11.8 Å². The highest BCUT2D eigenvalue weighted by molar-refractivity contribution is 7.99. The molecule has 0 fully saturated rings. The highest BCUT2D eigenvalue weighted by Gasteiger charge is 2.11. The van der Waals surface area contributed by atoms with Crippen molar-refractivity contribution in [2.75, 3.05) is 12.4 Å². The molecule has 0 spiro atoms. The molecule has 1 N–H and O–H groups in total. The maximum Gasteiger partial charge on any atom is 0.313 e. The second-order valence-electron chi connectivity index (χ2n) is 3.16. The van der Waals surface area contributed by atoms with E-state index in [1.807, 2.05) is 13.0 Å². The van der Waals surface area contributed by atoms with Crippen LogP contribution < -0.4 is 4.74 Å². The maximum atomic E-state index is 10.5. The van der Waals surface area contributed by atoms with Crippen LogP contribution >= 0.6 is 11.8 Å². The van der Waals surface area contributed by atoms with Gasteiger partial charge in [-0.1, -0.05) is 11.8 Å². The smallest absolute Gasteiger partial charge is 0.313 e. The van der Waals surface area contributed by atoms with Crippen LogP contribution in [0.5, 0.6) is 5.75 Å². The zero-order chi connectivity index (χ0) is 12.3. The van der Waals surface area contributed by atoms with Gasteiger partial charge in [0.2, 0.25) is 5.65 Å². The lowest BCUT2D eigenvalue weighted by atomic mass is 10.4. The molecule has 0 atom stereocenters. The van der Waals surface area contributed by atoms with Crippen molar-refractivity contribution >= 4 is 23.4 Å². The van der Waals surface area contributed by atoms with Gasteiger partial charge in [-0.15, -0.1) is 10.2 Å². The molecule has 0 bridgehead atoms. The largest absolute Gasteiger partial charge is 0.490 e. The van der Waals surface area contributed by atoms with E-state index in [1.165, 1.54) is 0 Å². The lowest BCUT2D eigenvalue weighted by Crippen LogP contribution is -1.99. The lowest BCUT2D eigenvalue weighted by molar-refractivity contribution is -0.133. The number of carbonyl (C=O) groups is 1. The van der Waals surface area contributed by atoms with Crippen LogP contribution in [0.3, 0.4) is 0 Å². The van der Waals surface area contributed by atoms with Crippen molar-refractivity contribution in [1.82, 2.24) is 14.6 Å². The summed E-state index contributed by atoms with van der Waals surface area (Å²) in [4.78, 5) is 10.5. The third-order valence-corrected chi connectivity index (χ3v) is 2.92. The van der Waals surface area contributed by atoms with E-state index < -0.39 is 5.97 Å². The summed E-state index contributed by atoms with van der Waals surface area (Å²) in [6, 6.07) is 3.62. The summed E-state index contributed by atoms with van der Waals surface area (Å²) in [5.41, 5.74) is 0.599. The first-order chi connectivity index (χ1) is 8.22. The average Bonchev–Trinajstić information content (AvgIpc) is 2.71. The van der Waals surface area contributed by atoms with Crippen molar-refractivity contribution in [3.63, 3.8) is 0 Å². The van der Waals surface area contributed by atoms with Crippen LogP contribution in [0, 0.1) is 0 Å². The number of aromatic nitrogens is 3. The molecule has 0 aliphatic heterocycles. The Bertz CT molecular complexity index is 541. The third kappa shape index (κ3) is 2.50. The number of aliphatic carboxylic acids is 1. The van der Waals surface area contributed by atoms with Crippen LogP contribution in [0.25, 0.3) is 5.65 Å². The first kappa shape index (κ1) is 11.7. The van der Waals surface area contributed by atoms with Crippen LogP contribution in [0.1, 0.15) is 6.92 Å². The van der Waals surface area contributed by atoms with Crippen molar-refractivity contribution in [1.29, 1.82) is 0 Å². The molecule has 2 heterocycles. The van der Waals surface area contributed by atoms with E-state index in [-0.39, 0.29) is 5.75 Å². The van der Waals surface area contributed by atoms with Gasteiger partial charge in [0, 0.05) is 6.20 Å². The van der Waals surface area contributed by atoms with E-state index in [1.54, 1.807) is 16.7 Å². The summed E-state index contributed by atoms with van der Waals surface area (Å²) in [5.74, 6) is -0.281. The van der Waals surface area contributed by atoms with E-state index in [0.29, 0.717) is 23.2 Å². The number of hydrogen-bond acceptors (Lipinski definition) is 5. The van der Waals surface area contributed by atoms with Crippen molar-refractivity contribution in [2.24, 2.45) is 0 Å². The zero-order valence-corrected chi connectivity index (χ0v) is 9.98. The number of ether oxygens (including phenoxy) is 1. The molecule has 2 aromatic rings. The average molecular weight is 253 g/mol. The highest BCUT2D eigenvalue weighted by atomic mass is 32.2. The minimum absolute atomic E-state index is 0.0420. The SMILES string of the molecule is CCOc1cccn2c(SCC(=O)O)nnc12. The van der Waals surface area contributed by atoms with Crippen LogP contribution in [-0.2, 0) is 4.79 Å². The number of carboxylic acids is 1. The Balaban J connectivity index is 2.33. The molecule has 0 saturated heterocycles. The quantitative estimate of drug-likeness (QED) is 0.809. The molecule has 0 amide bonds. The minimum Gasteiger partial charge on any atom is -0.490 e.